The number of nitriles is 1. The summed E-state index contributed by atoms with van der Waals surface area (Å²) in [5.74, 6) is 0.425. The number of nitrogens with one attached hydrogen (secondary N) is 1. The second-order valence-electron chi connectivity index (χ2n) is 8.45. The van der Waals surface area contributed by atoms with Crippen molar-refractivity contribution in [2.75, 3.05) is 19.0 Å². The van der Waals surface area contributed by atoms with E-state index in [2.05, 4.69) is 17.2 Å². The van der Waals surface area contributed by atoms with Gasteiger partial charge in [-0.25, -0.2) is 4.98 Å². The molecule has 0 atom stereocenters. The van der Waals surface area contributed by atoms with Crippen LogP contribution in [0.4, 0.5) is 18.3 Å². The average Bonchev–Trinajstić information content (AvgIpc) is 3.33. The van der Waals surface area contributed by atoms with Gasteiger partial charge in [0, 0.05) is 17.5 Å². The molecule has 0 saturated carbocycles. The van der Waals surface area contributed by atoms with Crippen LogP contribution in [0.2, 0.25) is 0 Å². The van der Waals surface area contributed by atoms with Crippen LogP contribution >= 0.6 is 11.3 Å². The number of unbranched alkanes of at least 4 members (excludes halogenated alkanes) is 3. The average molecular weight is 544 g/mol. The molecular weight excluding hydrogens is 515 g/mol. The van der Waals surface area contributed by atoms with E-state index in [4.69, 9.17) is 9.47 Å². The Hall–Kier alpha value is -3.84. The van der Waals surface area contributed by atoms with Crippen molar-refractivity contribution in [3.8, 4) is 17.6 Å². The molecule has 0 spiro atoms. The molecule has 2 aromatic carbocycles. The third-order valence-corrected chi connectivity index (χ3v) is 6.44. The van der Waals surface area contributed by atoms with E-state index in [-0.39, 0.29) is 17.1 Å². The number of anilines is 1. The normalized spacial score (nSPS) is 11.6. The van der Waals surface area contributed by atoms with Gasteiger partial charge in [-0.2, -0.15) is 18.4 Å². The van der Waals surface area contributed by atoms with Gasteiger partial charge in [-0.15, -0.1) is 11.3 Å². The van der Waals surface area contributed by atoms with Crippen molar-refractivity contribution in [2.24, 2.45) is 0 Å². The van der Waals surface area contributed by atoms with Gasteiger partial charge in [-0.3, -0.25) is 10.1 Å². The first-order valence-corrected chi connectivity index (χ1v) is 12.9. The number of hydrogen-bond acceptors (Lipinski definition) is 6. The van der Waals surface area contributed by atoms with Crippen molar-refractivity contribution in [3.05, 3.63) is 75.8 Å². The molecule has 1 N–H and O–H groups in total. The highest BCUT2D eigenvalue weighted by atomic mass is 32.1. The molecule has 1 aromatic heterocycles. The van der Waals surface area contributed by atoms with Crippen LogP contribution in [0.3, 0.4) is 0 Å². The fraction of sp³-hybridized carbons (Fsp3) is 0.321. The summed E-state index contributed by atoms with van der Waals surface area (Å²) in [5.41, 5.74) is 0.188. The number of benzene rings is 2. The van der Waals surface area contributed by atoms with Gasteiger partial charge >= 0.3 is 6.18 Å². The minimum Gasteiger partial charge on any atom is -0.493 e. The highest BCUT2D eigenvalue weighted by Crippen LogP contribution is 2.31. The van der Waals surface area contributed by atoms with Crippen molar-refractivity contribution in [3.63, 3.8) is 0 Å². The lowest BCUT2D eigenvalue weighted by Gasteiger charge is -2.11. The van der Waals surface area contributed by atoms with Gasteiger partial charge in [0.25, 0.3) is 5.91 Å². The summed E-state index contributed by atoms with van der Waals surface area (Å²) in [4.78, 5) is 17.5. The van der Waals surface area contributed by atoms with Crippen LogP contribution in [0.1, 0.15) is 54.2 Å². The Balaban J connectivity index is 1.65. The quantitative estimate of drug-likeness (QED) is 0.148. The van der Waals surface area contributed by atoms with Gasteiger partial charge in [-0.05, 0) is 41.8 Å². The standard InChI is InChI=1S/C28H28F3N3O3S/c1-3-4-5-6-12-37-24-11-10-20(16-25(24)36-2)13-21(17-32)26(35)34-27-33-18-23(38-27)15-19-8-7-9-22(14-19)28(29,30)31/h7-11,13-14,16,18H,3-6,12,15H2,1-2H3,(H,33,34,35)/b21-13+. The van der Waals surface area contributed by atoms with Crippen LogP contribution in [-0.4, -0.2) is 24.6 Å². The molecule has 1 heterocycles. The summed E-state index contributed by atoms with van der Waals surface area (Å²) >= 11 is 1.13. The molecule has 0 radical (unpaired) electrons. The predicted molar refractivity (Wildman–Crippen MR) is 141 cm³/mol. The number of amides is 1. The molecule has 0 fully saturated rings. The third-order valence-electron chi connectivity index (χ3n) is 5.53. The molecule has 0 aliphatic heterocycles. The Kier molecular flexibility index (Phi) is 10.3. The Bertz CT molecular complexity index is 1310. The van der Waals surface area contributed by atoms with E-state index in [9.17, 15) is 23.2 Å². The monoisotopic (exact) mass is 543 g/mol. The fourth-order valence-electron chi connectivity index (χ4n) is 3.59. The number of hydrogen-bond donors (Lipinski definition) is 1. The molecule has 38 heavy (non-hydrogen) atoms. The number of ether oxygens (including phenoxy) is 2. The molecular formula is C28H28F3N3O3S. The van der Waals surface area contributed by atoms with E-state index in [1.54, 1.807) is 24.3 Å². The topological polar surface area (TPSA) is 84.2 Å². The molecule has 0 aliphatic carbocycles. The highest BCUT2D eigenvalue weighted by Gasteiger charge is 2.30. The minimum absolute atomic E-state index is 0.144. The molecule has 0 bridgehead atoms. The van der Waals surface area contributed by atoms with Crippen LogP contribution in [0.15, 0.2) is 54.2 Å². The Morgan fingerprint density at radius 1 is 1.16 bits per heavy atom. The van der Waals surface area contributed by atoms with Gasteiger partial charge in [0.15, 0.2) is 16.6 Å². The maximum Gasteiger partial charge on any atom is 0.416 e. The van der Waals surface area contributed by atoms with Crippen LogP contribution in [0.25, 0.3) is 6.08 Å². The zero-order valence-corrected chi connectivity index (χ0v) is 21.9. The minimum atomic E-state index is -4.42. The molecule has 10 heteroatoms. The van der Waals surface area contributed by atoms with Gasteiger partial charge in [-0.1, -0.05) is 50.5 Å². The molecule has 3 aromatic rings. The molecule has 200 valence electrons. The molecule has 1 amide bonds. The van der Waals surface area contributed by atoms with Crippen molar-refractivity contribution >= 4 is 28.5 Å². The van der Waals surface area contributed by atoms with Gasteiger partial charge in [0.1, 0.15) is 11.6 Å². The zero-order valence-electron chi connectivity index (χ0n) is 21.1. The number of carbonyl (C=O) groups excluding carboxylic acids is 1. The van der Waals surface area contributed by atoms with E-state index in [0.29, 0.717) is 34.1 Å². The fourth-order valence-corrected chi connectivity index (χ4v) is 4.43. The third kappa shape index (κ3) is 8.35. The van der Waals surface area contributed by atoms with Crippen LogP contribution in [-0.2, 0) is 17.4 Å². The van der Waals surface area contributed by atoms with Crippen molar-refractivity contribution in [1.82, 2.24) is 4.98 Å². The lowest BCUT2D eigenvalue weighted by molar-refractivity contribution is -0.137. The van der Waals surface area contributed by atoms with E-state index in [0.717, 1.165) is 49.2 Å². The zero-order chi connectivity index (χ0) is 27.5. The number of methoxy groups -OCH3 is 1. The summed E-state index contributed by atoms with van der Waals surface area (Å²) in [7, 11) is 1.52. The predicted octanol–water partition coefficient (Wildman–Crippen LogP) is 7.27. The van der Waals surface area contributed by atoms with E-state index in [1.165, 1.54) is 25.4 Å². The molecule has 0 aliphatic rings. The summed E-state index contributed by atoms with van der Waals surface area (Å²) in [5, 5.41) is 12.4. The lowest BCUT2D eigenvalue weighted by Crippen LogP contribution is -2.13. The van der Waals surface area contributed by atoms with E-state index >= 15 is 0 Å². The number of halogens is 3. The summed E-state index contributed by atoms with van der Waals surface area (Å²) in [6.45, 7) is 2.71. The largest absolute Gasteiger partial charge is 0.493 e. The second-order valence-corrected chi connectivity index (χ2v) is 9.57. The molecule has 3 rings (SSSR count). The van der Waals surface area contributed by atoms with Crippen LogP contribution in [0.5, 0.6) is 11.5 Å². The smallest absolute Gasteiger partial charge is 0.416 e. The number of nitrogens with zero attached hydrogens (tertiary/aromatic N) is 2. The number of carbonyl (C=O) groups is 1. The summed E-state index contributed by atoms with van der Waals surface area (Å²) < 4.78 is 50.1. The first kappa shape index (κ1) is 28.7. The first-order valence-electron chi connectivity index (χ1n) is 12.1. The summed E-state index contributed by atoms with van der Waals surface area (Å²) in [6.07, 6.45) is 3.05. The molecule has 0 saturated heterocycles. The highest BCUT2D eigenvalue weighted by molar-refractivity contribution is 7.15. The number of thiazole rings is 1. The summed E-state index contributed by atoms with van der Waals surface area (Å²) in [6, 6.07) is 12.1. The van der Waals surface area contributed by atoms with Gasteiger partial charge in [0.05, 0.1) is 19.3 Å². The Labute approximate surface area is 223 Å². The SMILES string of the molecule is CCCCCCOc1ccc(/C=C(\C#N)C(=O)Nc2ncc(Cc3cccc(C(F)(F)F)c3)s2)cc1OC. The van der Waals surface area contributed by atoms with Crippen LogP contribution < -0.4 is 14.8 Å². The Morgan fingerprint density at radius 2 is 1.97 bits per heavy atom. The molecule has 6 nitrogen and oxygen atoms in total. The van der Waals surface area contributed by atoms with Crippen LogP contribution in [0, 0.1) is 11.3 Å². The Morgan fingerprint density at radius 3 is 2.68 bits per heavy atom. The number of alkyl halides is 3. The number of aromatic nitrogens is 1. The lowest BCUT2D eigenvalue weighted by atomic mass is 10.1. The van der Waals surface area contributed by atoms with E-state index < -0.39 is 17.6 Å². The van der Waals surface area contributed by atoms with Crippen molar-refractivity contribution in [2.45, 2.75) is 45.2 Å². The van der Waals surface area contributed by atoms with Crippen molar-refractivity contribution in [1.29, 1.82) is 5.26 Å². The maximum atomic E-state index is 13.0. The maximum absolute atomic E-state index is 13.0. The van der Waals surface area contributed by atoms with Gasteiger partial charge in [0.2, 0.25) is 0 Å². The van der Waals surface area contributed by atoms with E-state index in [1.807, 2.05) is 6.07 Å². The first-order chi connectivity index (χ1) is 18.2. The second kappa shape index (κ2) is 13.6. The number of rotatable bonds is 12. The van der Waals surface area contributed by atoms with Crippen molar-refractivity contribution < 1.29 is 27.4 Å². The molecule has 0 unspecified atom stereocenters. The van der Waals surface area contributed by atoms with Gasteiger partial charge < -0.3 is 9.47 Å².